The summed E-state index contributed by atoms with van der Waals surface area (Å²) in [6.07, 6.45) is 8.28. The molecule has 1 atom stereocenters. The average Bonchev–Trinajstić information content (AvgIpc) is 3.25. The largest absolute Gasteiger partial charge is 0.394 e. The minimum absolute atomic E-state index is 0.0437. The molecule has 20 heavy (non-hydrogen) atoms. The summed E-state index contributed by atoms with van der Waals surface area (Å²) in [6.45, 7) is 8.30. The monoisotopic (exact) mass is 280 g/mol. The molecule has 116 valence electrons. The van der Waals surface area contributed by atoms with Gasteiger partial charge in [-0.1, -0.05) is 13.8 Å². The SMILES string of the molecule is CC(C)NC(CO)(CN(CC1CC1)CC1CC1)C1CC1. The summed E-state index contributed by atoms with van der Waals surface area (Å²) in [7, 11) is 0. The van der Waals surface area contributed by atoms with Gasteiger partial charge in [0, 0.05) is 25.7 Å². The summed E-state index contributed by atoms with van der Waals surface area (Å²) >= 11 is 0. The lowest BCUT2D eigenvalue weighted by Crippen LogP contribution is -2.60. The zero-order valence-electron chi connectivity index (χ0n) is 13.3. The number of hydrogen-bond acceptors (Lipinski definition) is 3. The van der Waals surface area contributed by atoms with Crippen molar-refractivity contribution in [2.45, 2.75) is 64.0 Å². The van der Waals surface area contributed by atoms with Crippen LogP contribution in [0.25, 0.3) is 0 Å². The van der Waals surface area contributed by atoms with Crippen LogP contribution in [0.1, 0.15) is 52.4 Å². The average molecular weight is 280 g/mol. The molecule has 3 aliphatic carbocycles. The molecule has 0 aliphatic heterocycles. The molecular weight excluding hydrogens is 248 g/mol. The summed E-state index contributed by atoms with van der Waals surface area (Å²) in [4.78, 5) is 2.68. The second kappa shape index (κ2) is 5.94. The molecular formula is C17H32N2O. The van der Waals surface area contributed by atoms with Crippen LogP contribution in [0.4, 0.5) is 0 Å². The van der Waals surface area contributed by atoms with Crippen molar-refractivity contribution in [3.63, 3.8) is 0 Å². The van der Waals surface area contributed by atoms with Crippen LogP contribution in [-0.2, 0) is 0 Å². The Morgan fingerprint density at radius 3 is 1.95 bits per heavy atom. The Morgan fingerprint density at radius 2 is 1.60 bits per heavy atom. The van der Waals surface area contributed by atoms with Crippen molar-refractivity contribution in [1.82, 2.24) is 10.2 Å². The Balaban J connectivity index is 1.63. The van der Waals surface area contributed by atoms with E-state index in [1.807, 2.05) is 0 Å². The maximum atomic E-state index is 10.1. The molecule has 1 unspecified atom stereocenters. The smallest absolute Gasteiger partial charge is 0.0628 e. The highest BCUT2D eigenvalue weighted by molar-refractivity contribution is 5.04. The van der Waals surface area contributed by atoms with Crippen LogP contribution in [0.15, 0.2) is 0 Å². The second-order valence-electron chi connectivity index (χ2n) is 7.97. The van der Waals surface area contributed by atoms with Gasteiger partial charge in [0.05, 0.1) is 12.1 Å². The van der Waals surface area contributed by atoms with Crippen molar-refractivity contribution in [2.75, 3.05) is 26.2 Å². The van der Waals surface area contributed by atoms with E-state index in [4.69, 9.17) is 0 Å². The Bertz CT molecular complexity index is 307. The lowest BCUT2D eigenvalue weighted by atomic mass is 9.92. The molecule has 0 bridgehead atoms. The molecule has 2 N–H and O–H groups in total. The van der Waals surface area contributed by atoms with Crippen LogP contribution in [0, 0.1) is 17.8 Å². The number of aliphatic hydroxyl groups excluding tert-OH is 1. The third kappa shape index (κ3) is 3.96. The first-order chi connectivity index (χ1) is 9.61. The fourth-order valence-electron chi connectivity index (χ4n) is 3.66. The molecule has 3 heteroatoms. The van der Waals surface area contributed by atoms with E-state index in [9.17, 15) is 5.11 Å². The van der Waals surface area contributed by atoms with Crippen LogP contribution in [0.2, 0.25) is 0 Å². The summed E-state index contributed by atoms with van der Waals surface area (Å²) < 4.78 is 0. The van der Waals surface area contributed by atoms with Crippen LogP contribution >= 0.6 is 0 Å². The molecule has 3 nitrogen and oxygen atoms in total. The van der Waals surface area contributed by atoms with Gasteiger partial charge in [0.2, 0.25) is 0 Å². The van der Waals surface area contributed by atoms with E-state index in [-0.39, 0.29) is 5.54 Å². The molecule has 3 aliphatic rings. The predicted octanol–water partition coefficient (Wildman–Crippen LogP) is 2.25. The minimum Gasteiger partial charge on any atom is -0.394 e. The van der Waals surface area contributed by atoms with Gasteiger partial charge in [0.1, 0.15) is 0 Å². The highest BCUT2D eigenvalue weighted by Gasteiger charge is 2.46. The van der Waals surface area contributed by atoms with Crippen molar-refractivity contribution in [1.29, 1.82) is 0 Å². The number of hydrogen-bond donors (Lipinski definition) is 2. The van der Waals surface area contributed by atoms with Gasteiger partial charge in [0.25, 0.3) is 0 Å². The fraction of sp³-hybridized carbons (Fsp3) is 1.00. The molecule has 3 fully saturated rings. The van der Waals surface area contributed by atoms with Crippen molar-refractivity contribution in [3.05, 3.63) is 0 Å². The van der Waals surface area contributed by atoms with E-state index in [0.29, 0.717) is 18.6 Å². The van der Waals surface area contributed by atoms with E-state index in [1.54, 1.807) is 0 Å². The first-order valence-corrected chi connectivity index (χ1v) is 8.72. The van der Waals surface area contributed by atoms with Crippen molar-refractivity contribution < 1.29 is 5.11 Å². The third-order valence-electron chi connectivity index (χ3n) is 5.15. The van der Waals surface area contributed by atoms with Crippen LogP contribution in [-0.4, -0.2) is 47.8 Å². The van der Waals surface area contributed by atoms with Crippen LogP contribution in [0.3, 0.4) is 0 Å². The van der Waals surface area contributed by atoms with Gasteiger partial charge in [-0.3, -0.25) is 0 Å². The molecule has 0 saturated heterocycles. The predicted molar refractivity (Wildman–Crippen MR) is 82.7 cm³/mol. The summed E-state index contributed by atoms with van der Waals surface area (Å²) in [5, 5.41) is 13.8. The molecule has 3 saturated carbocycles. The van der Waals surface area contributed by atoms with Crippen LogP contribution in [0.5, 0.6) is 0 Å². The highest BCUT2D eigenvalue weighted by atomic mass is 16.3. The molecule has 0 aromatic carbocycles. The first kappa shape index (κ1) is 14.8. The van der Waals surface area contributed by atoms with E-state index < -0.39 is 0 Å². The molecule has 0 aromatic heterocycles. The summed E-state index contributed by atoms with van der Waals surface area (Å²) in [6, 6.07) is 0.450. The van der Waals surface area contributed by atoms with E-state index in [1.165, 1.54) is 51.6 Å². The molecule has 0 spiro atoms. The van der Waals surface area contributed by atoms with E-state index >= 15 is 0 Å². The Morgan fingerprint density at radius 1 is 1.05 bits per heavy atom. The molecule has 0 heterocycles. The zero-order chi connectivity index (χ0) is 14.2. The molecule has 3 rings (SSSR count). The van der Waals surface area contributed by atoms with Gasteiger partial charge in [-0.05, 0) is 56.3 Å². The van der Waals surface area contributed by atoms with Gasteiger partial charge in [-0.25, -0.2) is 0 Å². The van der Waals surface area contributed by atoms with Gasteiger partial charge >= 0.3 is 0 Å². The van der Waals surface area contributed by atoms with Gasteiger partial charge in [0.15, 0.2) is 0 Å². The lowest BCUT2D eigenvalue weighted by Gasteiger charge is -2.40. The van der Waals surface area contributed by atoms with E-state index in [2.05, 4.69) is 24.1 Å². The van der Waals surface area contributed by atoms with Crippen molar-refractivity contribution >= 4 is 0 Å². The lowest BCUT2D eigenvalue weighted by molar-refractivity contribution is 0.0793. The number of nitrogens with one attached hydrogen (secondary N) is 1. The van der Waals surface area contributed by atoms with E-state index in [0.717, 1.165) is 18.4 Å². The standard InChI is InChI=1S/C17H32N2O/c1-13(2)18-17(12-20,16-7-8-16)11-19(9-14-3-4-14)10-15-5-6-15/h13-16,18,20H,3-12H2,1-2H3. The summed E-state index contributed by atoms with van der Waals surface area (Å²) in [5.74, 6) is 2.59. The number of rotatable bonds is 10. The Kier molecular flexibility index (Phi) is 4.40. The van der Waals surface area contributed by atoms with Gasteiger partial charge < -0.3 is 15.3 Å². The molecule has 0 amide bonds. The Labute approximate surface area is 124 Å². The Hall–Kier alpha value is -0.120. The maximum Gasteiger partial charge on any atom is 0.0628 e. The quantitative estimate of drug-likeness (QED) is 0.644. The second-order valence-corrected chi connectivity index (χ2v) is 7.97. The number of aliphatic hydroxyl groups is 1. The van der Waals surface area contributed by atoms with Gasteiger partial charge in [-0.2, -0.15) is 0 Å². The number of nitrogens with zero attached hydrogens (tertiary/aromatic N) is 1. The topological polar surface area (TPSA) is 35.5 Å². The minimum atomic E-state index is -0.0437. The van der Waals surface area contributed by atoms with Crippen molar-refractivity contribution in [2.24, 2.45) is 17.8 Å². The normalized spacial score (nSPS) is 26.2. The van der Waals surface area contributed by atoms with Crippen LogP contribution < -0.4 is 5.32 Å². The fourth-order valence-corrected chi connectivity index (χ4v) is 3.66. The summed E-state index contributed by atoms with van der Waals surface area (Å²) in [5.41, 5.74) is -0.0437. The van der Waals surface area contributed by atoms with Gasteiger partial charge in [-0.15, -0.1) is 0 Å². The van der Waals surface area contributed by atoms with Crippen molar-refractivity contribution in [3.8, 4) is 0 Å². The highest BCUT2D eigenvalue weighted by Crippen LogP contribution is 2.42. The molecule has 0 aromatic rings. The maximum absolute atomic E-state index is 10.1. The zero-order valence-corrected chi connectivity index (χ0v) is 13.3. The third-order valence-corrected chi connectivity index (χ3v) is 5.15. The first-order valence-electron chi connectivity index (χ1n) is 8.72. The molecule has 0 radical (unpaired) electrons.